The number of rotatable bonds is 6. The molecule has 2 heterocycles. The zero-order valence-corrected chi connectivity index (χ0v) is 17.2. The fourth-order valence-electron chi connectivity index (χ4n) is 3.77. The van der Waals surface area contributed by atoms with Crippen molar-refractivity contribution in [2.45, 2.75) is 51.2 Å². The first-order chi connectivity index (χ1) is 12.7. The summed E-state index contributed by atoms with van der Waals surface area (Å²) in [6, 6.07) is 0. The number of ether oxygens (including phenoxy) is 1. The van der Waals surface area contributed by atoms with Crippen molar-refractivity contribution < 1.29 is 4.74 Å². The van der Waals surface area contributed by atoms with Gasteiger partial charge in [0.25, 0.3) is 0 Å². The molecule has 1 aliphatic heterocycles. The number of aliphatic imine (C=N–C) groups is 1. The van der Waals surface area contributed by atoms with Crippen LogP contribution in [0, 0.1) is 5.92 Å². The quantitative estimate of drug-likeness (QED) is 0.608. The number of guanidine groups is 1. The third-order valence-electron chi connectivity index (χ3n) is 5.35. The molecule has 0 atom stereocenters. The average molecular weight is 380 g/mol. The topological polar surface area (TPSA) is 53.0 Å². The van der Waals surface area contributed by atoms with E-state index in [0.29, 0.717) is 6.10 Å². The van der Waals surface area contributed by atoms with Gasteiger partial charge < -0.3 is 19.9 Å². The van der Waals surface area contributed by atoms with Gasteiger partial charge in [-0.05, 0) is 31.6 Å². The lowest BCUT2D eigenvalue weighted by Gasteiger charge is -2.34. The van der Waals surface area contributed by atoms with Gasteiger partial charge in [-0.15, -0.1) is 11.3 Å². The predicted molar refractivity (Wildman–Crippen MR) is 109 cm³/mol. The van der Waals surface area contributed by atoms with E-state index in [1.54, 1.807) is 11.3 Å². The van der Waals surface area contributed by atoms with E-state index < -0.39 is 0 Å². The molecule has 146 valence electrons. The van der Waals surface area contributed by atoms with E-state index in [9.17, 15) is 0 Å². The van der Waals surface area contributed by atoms with E-state index in [1.807, 2.05) is 26.0 Å². The summed E-state index contributed by atoms with van der Waals surface area (Å²) in [6.45, 7) is 3.70. The molecule has 0 spiro atoms. The van der Waals surface area contributed by atoms with Gasteiger partial charge >= 0.3 is 0 Å². The largest absolute Gasteiger partial charge is 0.378 e. The molecule has 2 aliphatic rings. The molecule has 0 amide bonds. The van der Waals surface area contributed by atoms with E-state index in [1.165, 1.54) is 25.7 Å². The van der Waals surface area contributed by atoms with Crippen LogP contribution in [0.2, 0.25) is 0 Å². The molecule has 1 aromatic rings. The second-order valence-corrected chi connectivity index (χ2v) is 8.42. The molecule has 0 aromatic carbocycles. The summed E-state index contributed by atoms with van der Waals surface area (Å²) in [6.07, 6.45) is 8.12. The molecule has 1 saturated carbocycles. The lowest BCUT2D eigenvalue weighted by molar-refractivity contribution is 0.00101. The molecular formula is C19H33N5OS. The maximum absolute atomic E-state index is 6.18. The molecule has 0 unspecified atom stereocenters. The summed E-state index contributed by atoms with van der Waals surface area (Å²) in [5.74, 6) is 1.78. The highest BCUT2D eigenvalue weighted by atomic mass is 32.1. The van der Waals surface area contributed by atoms with Crippen molar-refractivity contribution in [2.24, 2.45) is 10.9 Å². The highest BCUT2D eigenvalue weighted by Crippen LogP contribution is 2.26. The smallest absolute Gasteiger partial charge is 0.193 e. The van der Waals surface area contributed by atoms with Crippen molar-refractivity contribution in [2.75, 3.05) is 45.7 Å². The van der Waals surface area contributed by atoms with Gasteiger partial charge in [0.1, 0.15) is 0 Å². The van der Waals surface area contributed by atoms with E-state index in [-0.39, 0.29) is 0 Å². The number of hydrogen-bond acceptors (Lipinski definition) is 5. The van der Waals surface area contributed by atoms with Crippen LogP contribution in [-0.2, 0) is 11.3 Å². The van der Waals surface area contributed by atoms with Crippen LogP contribution >= 0.6 is 11.3 Å². The Morgan fingerprint density at radius 1 is 1.31 bits per heavy atom. The van der Waals surface area contributed by atoms with Gasteiger partial charge in [-0.2, -0.15) is 0 Å². The van der Waals surface area contributed by atoms with Crippen molar-refractivity contribution in [3.63, 3.8) is 0 Å². The Morgan fingerprint density at radius 2 is 2.04 bits per heavy atom. The number of likely N-dealkylation sites (tertiary alicyclic amines) is 1. The van der Waals surface area contributed by atoms with E-state index in [4.69, 9.17) is 4.74 Å². The number of thiazole rings is 1. The van der Waals surface area contributed by atoms with Crippen LogP contribution in [0.25, 0.3) is 0 Å². The minimum atomic E-state index is 0.422. The number of hydrogen-bond donors (Lipinski definition) is 1. The summed E-state index contributed by atoms with van der Waals surface area (Å²) >= 11 is 1.67. The Bertz CT molecular complexity index is 574. The van der Waals surface area contributed by atoms with Crippen molar-refractivity contribution >= 4 is 22.4 Å². The van der Waals surface area contributed by atoms with Crippen molar-refractivity contribution in [1.82, 2.24) is 15.2 Å². The van der Waals surface area contributed by atoms with Crippen LogP contribution in [0.1, 0.15) is 44.2 Å². The Labute approximate surface area is 161 Å². The van der Waals surface area contributed by atoms with Gasteiger partial charge in [-0.25, -0.2) is 4.98 Å². The summed E-state index contributed by atoms with van der Waals surface area (Å²) < 4.78 is 6.18. The fourth-order valence-corrected chi connectivity index (χ4v) is 4.53. The van der Waals surface area contributed by atoms with Crippen LogP contribution in [0.4, 0.5) is 5.13 Å². The van der Waals surface area contributed by atoms with Crippen LogP contribution in [-0.4, -0.2) is 62.8 Å². The molecule has 26 heavy (non-hydrogen) atoms. The summed E-state index contributed by atoms with van der Waals surface area (Å²) in [7, 11) is 5.90. The second-order valence-electron chi connectivity index (χ2n) is 7.59. The SMILES string of the molecule is CN=C(NCc1csc(N(C)C)n1)N1CCC(OCC2CCCC2)CC1. The number of anilines is 1. The molecule has 1 N–H and O–H groups in total. The molecule has 1 aromatic heterocycles. The minimum Gasteiger partial charge on any atom is -0.378 e. The third-order valence-corrected chi connectivity index (χ3v) is 6.40. The number of aromatic nitrogens is 1. The van der Waals surface area contributed by atoms with Gasteiger partial charge in [0.15, 0.2) is 11.1 Å². The van der Waals surface area contributed by atoms with Crippen LogP contribution in [0.3, 0.4) is 0 Å². The number of nitrogens with one attached hydrogen (secondary N) is 1. The first-order valence-corrected chi connectivity index (χ1v) is 10.7. The Kier molecular flexibility index (Phi) is 7.14. The molecule has 3 rings (SSSR count). The highest BCUT2D eigenvalue weighted by Gasteiger charge is 2.24. The lowest BCUT2D eigenvalue weighted by Crippen LogP contribution is -2.46. The molecule has 1 saturated heterocycles. The Balaban J connectivity index is 1.40. The summed E-state index contributed by atoms with van der Waals surface area (Å²) in [4.78, 5) is 13.5. The van der Waals surface area contributed by atoms with Crippen molar-refractivity contribution in [3.05, 3.63) is 11.1 Å². The molecule has 0 radical (unpaired) electrons. The van der Waals surface area contributed by atoms with Gasteiger partial charge in [-0.1, -0.05) is 12.8 Å². The average Bonchev–Trinajstić information content (AvgIpc) is 3.33. The van der Waals surface area contributed by atoms with Gasteiger partial charge in [0.05, 0.1) is 18.3 Å². The fraction of sp³-hybridized carbons (Fsp3) is 0.789. The highest BCUT2D eigenvalue weighted by molar-refractivity contribution is 7.13. The van der Waals surface area contributed by atoms with Crippen molar-refractivity contribution in [3.8, 4) is 0 Å². The van der Waals surface area contributed by atoms with Gasteiger partial charge in [0, 0.05) is 46.2 Å². The number of nitrogens with zero attached hydrogens (tertiary/aromatic N) is 4. The maximum atomic E-state index is 6.18. The third kappa shape index (κ3) is 5.33. The van der Waals surface area contributed by atoms with E-state index in [0.717, 1.165) is 61.8 Å². The molecule has 7 heteroatoms. The van der Waals surface area contributed by atoms with E-state index in [2.05, 4.69) is 25.6 Å². The molecule has 0 bridgehead atoms. The normalized spacial score (nSPS) is 20.0. The standard InChI is InChI=1S/C19H33N5OS/c1-20-18(21-12-16-14-26-19(22-16)23(2)3)24-10-8-17(9-11-24)25-13-15-6-4-5-7-15/h14-15,17H,4-13H2,1-3H3,(H,20,21). The first kappa shape index (κ1) is 19.4. The molecule has 1 aliphatic carbocycles. The predicted octanol–water partition coefficient (Wildman–Crippen LogP) is 2.96. The molecular weight excluding hydrogens is 346 g/mol. The summed E-state index contributed by atoms with van der Waals surface area (Å²) in [5.41, 5.74) is 1.06. The summed E-state index contributed by atoms with van der Waals surface area (Å²) in [5, 5.41) is 6.61. The monoisotopic (exact) mass is 379 g/mol. The van der Waals surface area contributed by atoms with Crippen LogP contribution in [0.5, 0.6) is 0 Å². The molecule has 6 nitrogen and oxygen atoms in total. The number of piperidine rings is 1. The Morgan fingerprint density at radius 3 is 2.65 bits per heavy atom. The van der Waals surface area contributed by atoms with E-state index >= 15 is 0 Å². The van der Waals surface area contributed by atoms with Crippen LogP contribution < -0.4 is 10.2 Å². The zero-order chi connectivity index (χ0) is 18.4. The molecule has 2 fully saturated rings. The Hall–Kier alpha value is -1.34. The zero-order valence-electron chi connectivity index (χ0n) is 16.4. The van der Waals surface area contributed by atoms with Gasteiger partial charge in [0.2, 0.25) is 0 Å². The van der Waals surface area contributed by atoms with Crippen molar-refractivity contribution in [1.29, 1.82) is 0 Å². The maximum Gasteiger partial charge on any atom is 0.193 e. The van der Waals surface area contributed by atoms with Gasteiger partial charge in [-0.3, -0.25) is 4.99 Å². The lowest BCUT2D eigenvalue weighted by atomic mass is 10.1. The first-order valence-electron chi connectivity index (χ1n) is 9.84. The minimum absolute atomic E-state index is 0.422. The second kappa shape index (κ2) is 9.55. The van der Waals surface area contributed by atoms with Crippen LogP contribution in [0.15, 0.2) is 10.4 Å².